The minimum atomic E-state index is -1.35. The highest BCUT2D eigenvalue weighted by Gasteiger charge is 2.22. The molecule has 6 nitrogen and oxygen atoms in total. The number of hydrogen-bond donors (Lipinski definition) is 4. The first-order valence-corrected chi connectivity index (χ1v) is 5.49. The van der Waals surface area contributed by atoms with Crippen molar-refractivity contribution in [3.8, 4) is 11.5 Å². The van der Waals surface area contributed by atoms with Gasteiger partial charge in [-0.25, -0.2) is 0 Å². The topological polar surface area (TPSA) is 107 Å². The van der Waals surface area contributed by atoms with Crippen LogP contribution in [0.15, 0.2) is 18.2 Å². The molecule has 1 aromatic carbocycles. The lowest BCUT2D eigenvalue weighted by Gasteiger charge is -2.17. The van der Waals surface area contributed by atoms with E-state index in [1.807, 2.05) is 0 Å². The summed E-state index contributed by atoms with van der Waals surface area (Å²) >= 11 is 0. The van der Waals surface area contributed by atoms with Crippen LogP contribution in [0.25, 0.3) is 0 Å². The van der Waals surface area contributed by atoms with Crippen LogP contribution in [0.1, 0.15) is 25.0 Å². The van der Waals surface area contributed by atoms with Gasteiger partial charge in [0.1, 0.15) is 6.10 Å². The zero-order chi connectivity index (χ0) is 13.7. The van der Waals surface area contributed by atoms with E-state index in [1.165, 1.54) is 12.1 Å². The molecule has 0 amide bonds. The van der Waals surface area contributed by atoms with E-state index in [0.29, 0.717) is 0 Å². The average Bonchev–Trinajstić information content (AvgIpc) is 2.32. The van der Waals surface area contributed by atoms with Crippen LogP contribution in [0.3, 0.4) is 0 Å². The zero-order valence-corrected chi connectivity index (χ0v) is 9.91. The maximum Gasteiger partial charge on any atom is 0.308 e. The molecule has 2 atom stereocenters. The summed E-state index contributed by atoms with van der Waals surface area (Å²) in [4.78, 5) is 11.1. The molecule has 6 heteroatoms. The second-order valence-corrected chi connectivity index (χ2v) is 3.77. The number of carbonyl (C=O) groups is 1. The van der Waals surface area contributed by atoms with Crippen LogP contribution >= 0.6 is 0 Å². The molecule has 0 aromatic heterocycles. The number of esters is 1. The van der Waals surface area contributed by atoms with E-state index in [4.69, 9.17) is 5.11 Å². The maximum atomic E-state index is 11.1. The van der Waals surface area contributed by atoms with Crippen LogP contribution in [0.2, 0.25) is 0 Å². The van der Waals surface area contributed by atoms with Crippen molar-refractivity contribution in [1.82, 2.24) is 0 Å². The van der Waals surface area contributed by atoms with Gasteiger partial charge in [-0.3, -0.25) is 4.79 Å². The van der Waals surface area contributed by atoms with Crippen molar-refractivity contribution < 1.29 is 30.0 Å². The van der Waals surface area contributed by atoms with Crippen LogP contribution in [-0.2, 0) is 9.53 Å². The highest BCUT2D eigenvalue weighted by molar-refractivity contribution is 5.70. The maximum absolute atomic E-state index is 11.1. The number of hydrogen-bond acceptors (Lipinski definition) is 6. The predicted octanol–water partition coefficient (Wildman–Crippen LogP) is 0.445. The summed E-state index contributed by atoms with van der Waals surface area (Å²) in [7, 11) is 0. The van der Waals surface area contributed by atoms with Crippen LogP contribution in [0.4, 0.5) is 0 Å². The van der Waals surface area contributed by atoms with Crippen molar-refractivity contribution in [2.75, 3.05) is 6.61 Å². The standard InChI is InChI=1S/C12H16O6/c1-2-18-11(16)6-10(15)12(17)7-3-4-8(13)9(14)5-7/h3-5,10,12-15,17H,2,6H2,1H3. The van der Waals surface area contributed by atoms with E-state index in [9.17, 15) is 20.1 Å². The molecule has 1 aromatic rings. The quantitative estimate of drug-likeness (QED) is 0.450. The zero-order valence-electron chi connectivity index (χ0n) is 9.91. The first-order valence-electron chi connectivity index (χ1n) is 5.49. The predicted molar refractivity (Wildman–Crippen MR) is 62.0 cm³/mol. The molecule has 0 heterocycles. The van der Waals surface area contributed by atoms with Crippen LogP contribution in [0, 0.1) is 0 Å². The second-order valence-electron chi connectivity index (χ2n) is 3.77. The molecule has 1 rings (SSSR count). The van der Waals surface area contributed by atoms with E-state index in [0.717, 1.165) is 6.07 Å². The van der Waals surface area contributed by atoms with Gasteiger partial charge in [-0.2, -0.15) is 0 Å². The molecule has 0 radical (unpaired) electrons. The Hall–Kier alpha value is -1.79. The minimum Gasteiger partial charge on any atom is -0.504 e. The Bertz CT molecular complexity index is 417. The number of aromatic hydroxyl groups is 2. The molecule has 100 valence electrons. The fourth-order valence-corrected chi connectivity index (χ4v) is 1.45. The Morgan fingerprint density at radius 1 is 1.28 bits per heavy atom. The molecule has 0 saturated heterocycles. The van der Waals surface area contributed by atoms with E-state index < -0.39 is 23.9 Å². The highest BCUT2D eigenvalue weighted by atomic mass is 16.5. The summed E-state index contributed by atoms with van der Waals surface area (Å²) in [6, 6.07) is 3.65. The van der Waals surface area contributed by atoms with Gasteiger partial charge in [-0.1, -0.05) is 6.07 Å². The first kappa shape index (κ1) is 14.3. The number of phenolic OH excluding ortho intramolecular Hbond substituents is 2. The lowest BCUT2D eigenvalue weighted by Crippen LogP contribution is -2.23. The van der Waals surface area contributed by atoms with E-state index in [-0.39, 0.29) is 24.3 Å². The summed E-state index contributed by atoms with van der Waals surface area (Å²) in [5.74, 6) is -1.35. The molecule has 4 N–H and O–H groups in total. The van der Waals surface area contributed by atoms with E-state index >= 15 is 0 Å². The number of aliphatic hydroxyl groups is 2. The molecule has 0 aliphatic rings. The van der Waals surface area contributed by atoms with Crippen LogP contribution in [0.5, 0.6) is 11.5 Å². The molecule has 0 spiro atoms. The Balaban J connectivity index is 2.70. The van der Waals surface area contributed by atoms with Crippen molar-refractivity contribution in [3.63, 3.8) is 0 Å². The van der Waals surface area contributed by atoms with Crippen molar-refractivity contribution in [2.45, 2.75) is 25.6 Å². The molecular weight excluding hydrogens is 240 g/mol. The van der Waals surface area contributed by atoms with Crippen molar-refractivity contribution >= 4 is 5.97 Å². The fraction of sp³-hybridized carbons (Fsp3) is 0.417. The van der Waals surface area contributed by atoms with Gasteiger partial charge < -0.3 is 25.2 Å². The van der Waals surface area contributed by atoms with Gasteiger partial charge in [-0.05, 0) is 24.6 Å². The lowest BCUT2D eigenvalue weighted by molar-refractivity contribution is -0.147. The largest absolute Gasteiger partial charge is 0.504 e. The number of carbonyl (C=O) groups excluding carboxylic acids is 1. The fourth-order valence-electron chi connectivity index (χ4n) is 1.45. The summed E-state index contributed by atoms with van der Waals surface area (Å²) in [5, 5.41) is 37.8. The number of ether oxygens (including phenoxy) is 1. The summed E-state index contributed by atoms with van der Waals surface area (Å²) in [5.41, 5.74) is 0.196. The Kier molecular flexibility index (Phi) is 4.94. The lowest BCUT2D eigenvalue weighted by atomic mass is 10.0. The summed E-state index contributed by atoms with van der Waals surface area (Å²) < 4.78 is 4.64. The summed E-state index contributed by atoms with van der Waals surface area (Å²) in [6.07, 6.45) is -3.04. The molecule has 2 unspecified atom stereocenters. The van der Waals surface area contributed by atoms with Gasteiger partial charge in [0.2, 0.25) is 0 Å². The highest BCUT2D eigenvalue weighted by Crippen LogP contribution is 2.29. The third-order valence-electron chi connectivity index (χ3n) is 2.39. The van der Waals surface area contributed by atoms with Crippen molar-refractivity contribution in [2.24, 2.45) is 0 Å². The molecule has 0 aliphatic heterocycles. The third kappa shape index (κ3) is 3.61. The SMILES string of the molecule is CCOC(=O)CC(O)C(O)c1ccc(O)c(O)c1. The van der Waals surface area contributed by atoms with Crippen molar-refractivity contribution in [1.29, 1.82) is 0 Å². The molecule has 0 fully saturated rings. The minimum absolute atomic E-state index is 0.196. The monoisotopic (exact) mass is 256 g/mol. The molecule has 18 heavy (non-hydrogen) atoms. The third-order valence-corrected chi connectivity index (χ3v) is 2.39. The number of phenols is 2. The number of benzene rings is 1. The van der Waals surface area contributed by atoms with Gasteiger partial charge in [0, 0.05) is 0 Å². The van der Waals surface area contributed by atoms with E-state index in [2.05, 4.69) is 4.74 Å². The molecule has 0 aliphatic carbocycles. The van der Waals surface area contributed by atoms with E-state index in [1.54, 1.807) is 6.92 Å². The number of rotatable bonds is 5. The normalized spacial score (nSPS) is 13.9. The van der Waals surface area contributed by atoms with Gasteiger partial charge >= 0.3 is 5.97 Å². The van der Waals surface area contributed by atoms with Crippen molar-refractivity contribution in [3.05, 3.63) is 23.8 Å². The molecular formula is C12H16O6. The molecule has 0 saturated carbocycles. The molecule has 0 bridgehead atoms. The Labute approximate surface area is 104 Å². The summed E-state index contributed by atoms with van der Waals surface area (Å²) in [6.45, 7) is 1.83. The van der Waals surface area contributed by atoms with Crippen LogP contribution in [-0.4, -0.2) is 39.1 Å². The van der Waals surface area contributed by atoms with Gasteiger partial charge in [0.25, 0.3) is 0 Å². The van der Waals surface area contributed by atoms with Gasteiger partial charge in [0.05, 0.1) is 19.1 Å². The first-order chi connectivity index (χ1) is 8.45. The van der Waals surface area contributed by atoms with Gasteiger partial charge in [-0.15, -0.1) is 0 Å². The average molecular weight is 256 g/mol. The smallest absolute Gasteiger partial charge is 0.308 e. The Morgan fingerprint density at radius 3 is 2.50 bits per heavy atom. The van der Waals surface area contributed by atoms with Gasteiger partial charge in [0.15, 0.2) is 11.5 Å². The van der Waals surface area contributed by atoms with Crippen LogP contribution < -0.4 is 0 Å². The Morgan fingerprint density at radius 2 is 1.94 bits per heavy atom. The number of aliphatic hydroxyl groups excluding tert-OH is 2. The second kappa shape index (κ2) is 6.23.